The van der Waals surface area contributed by atoms with Crippen molar-refractivity contribution in [2.45, 2.75) is 51.6 Å². The van der Waals surface area contributed by atoms with Crippen molar-refractivity contribution in [1.82, 2.24) is 9.62 Å². The van der Waals surface area contributed by atoms with Gasteiger partial charge in [-0.3, -0.25) is 4.79 Å². The fraction of sp³-hybridized carbons (Fsp3) is 0.938. The molecule has 2 rings (SSSR count). The number of piperidine rings is 1. The molecular formula is C16H30N2O4S. The Balaban J connectivity index is 1.62. The van der Waals surface area contributed by atoms with Crippen LogP contribution >= 0.6 is 0 Å². The molecule has 6 nitrogen and oxygen atoms in total. The molecule has 0 aromatic rings. The van der Waals surface area contributed by atoms with Crippen LogP contribution in [-0.2, 0) is 19.6 Å². The van der Waals surface area contributed by atoms with Crippen LogP contribution in [-0.4, -0.2) is 57.2 Å². The van der Waals surface area contributed by atoms with Crippen molar-refractivity contribution in [3.05, 3.63) is 0 Å². The van der Waals surface area contributed by atoms with E-state index >= 15 is 0 Å². The first kappa shape index (κ1) is 18.7. The van der Waals surface area contributed by atoms with Crippen LogP contribution in [0.3, 0.4) is 0 Å². The Morgan fingerprint density at radius 3 is 2.43 bits per heavy atom. The minimum atomic E-state index is -3.08. The molecule has 2 aliphatic rings. The summed E-state index contributed by atoms with van der Waals surface area (Å²) in [4.78, 5) is 11.9. The lowest BCUT2D eigenvalue weighted by Crippen LogP contribution is -2.42. The second-order valence-corrected chi connectivity index (χ2v) is 9.00. The Bertz CT molecular complexity index is 486. The van der Waals surface area contributed by atoms with E-state index in [9.17, 15) is 13.2 Å². The maximum atomic E-state index is 11.9. The summed E-state index contributed by atoms with van der Waals surface area (Å²) in [6.45, 7) is 4.04. The maximum Gasteiger partial charge on any atom is 0.246 e. The highest BCUT2D eigenvalue weighted by Gasteiger charge is 2.25. The van der Waals surface area contributed by atoms with Crippen molar-refractivity contribution in [2.75, 3.05) is 32.5 Å². The zero-order chi connectivity index (χ0) is 16.9. The van der Waals surface area contributed by atoms with E-state index in [-0.39, 0.29) is 18.6 Å². The topological polar surface area (TPSA) is 75.7 Å². The number of hydrogen-bond acceptors (Lipinski definition) is 4. The Kier molecular flexibility index (Phi) is 6.85. The monoisotopic (exact) mass is 346 g/mol. The second-order valence-electron chi connectivity index (χ2n) is 7.02. The molecule has 2 atom stereocenters. The Hall–Kier alpha value is -0.660. The average molecular weight is 346 g/mol. The van der Waals surface area contributed by atoms with Gasteiger partial charge < -0.3 is 10.1 Å². The standard InChI is InChI=1S/C16H30N2O4S/c1-13-5-3-4-6-15(13)22-12-16(19)17-11-14-7-9-18(10-8-14)23(2,20)21/h13-15H,3-12H2,1-2H3,(H,17,19)/t13-,15+/m0/s1. The first-order valence-electron chi connectivity index (χ1n) is 8.69. The molecule has 0 bridgehead atoms. The Morgan fingerprint density at radius 2 is 1.83 bits per heavy atom. The number of sulfonamides is 1. The summed E-state index contributed by atoms with van der Waals surface area (Å²) in [6, 6.07) is 0. The molecule has 23 heavy (non-hydrogen) atoms. The van der Waals surface area contributed by atoms with Crippen LogP contribution in [0, 0.1) is 11.8 Å². The molecule has 1 saturated carbocycles. The molecule has 0 aromatic carbocycles. The summed E-state index contributed by atoms with van der Waals surface area (Å²) in [5.41, 5.74) is 0. The van der Waals surface area contributed by atoms with E-state index in [1.807, 2.05) is 0 Å². The normalized spacial score (nSPS) is 27.7. The van der Waals surface area contributed by atoms with Crippen molar-refractivity contribution in [1.29, 1.82) is 0 Å². The van der Waals surface area contributed by atoms with Crippen LogP contribution in [0.4, 0.5) is 0 Å². The lowest BCUT2D eigenvalue weighted by atomic mass is 9.88. The van der Waals surface area contributed by atoms with Gasteiger partial charge in [0.25, 0.3) is 0 Å². The van der Waals surface area contributed by atoms with Crippen LogP contribution in [0.25, 0.3) is 0 Å². The van der Waals surface area contributed by atoms with Crippen LogP contribution in [0.2, 0.25) is 0 Å². The Labute approximate surface area is 140 Å². The fourth-order valence-electron chi connectivity index (χ4n) is 3.47. The predicted octanol–water partition coefficient (Wildman–Crippen LogP) is 1.37. The maximum absolute atomic E-state index is 11.9. The van der Waals surface area contributed by atoms with Crippen molar-refractivity contribution in [3.8, 4) is 0 Å². The van der Waals surface area contributed by atoms with Gasteiger partial charge in [-0.1, -0.05) is 19.8 Å². The highest BCUT2D eigenvalue weighted by molar-refractivity contribution is 7.88. The molecule has 1 N–H and O–H groups in total. The zero-order valence-electron chi connectivity index (χ0n) is 14.3. The third-order valence-electron chi connectivity index (χ3n) is 5.09. The SMILES string of the molecule is C[C@H]1CCCC[C@H]1OCC(=O)NCC1CCN(S(C)(=O)=O)CC1. The molecule has 1 amide bonds. The van der Waals surface area contributed by atoms with E-state index in [0.29, 0.717) is 31.5 Å². The molecule has 2 fully saturated rings. The summed E-state index contributed by atoms with van der Waals surface area (Å²) in [5, 5.41) is 2.93. The molecule has 0 unspecified atom stereocenters. The third kappa shape index (κ3) is 6.04. The van der Waals surface area contributed by atoms with Crippen LogP contribution < -0.4 is 5.32 Å². The molecule has 0 aromatic heterocycles. The van der Waals surface area contributed by atoms with Crippen LogP contribution in [0.5, 0.6) is 0 Å². The van der Waals surface area contributed by atoms with Gasteiger partial charge in [0.05, 0.1) is 12.4 Å². The molecule has 7 heteroatoms. The molecule has 0 radical (unpaired) electrons. The van der Waals surface area contributed by atoms with Gasteiger partial charge >= 0.3 is 0 Å². The van der Waals surface area contributed by atoms with E-state index < -0.39 is 10.0 Å². The number of amides is 1. The molecule has 1 saturated heterocycles. The van der Waals surface area contributed by atoms with E-state index in [4.69, 9.17) is 4.74 Å². The van der Waals surface area contributed by atoms with Gasteiger partial charge in [0.1, 0.15) is 6.61 Å². The average Bonchev–Trinajstić information content (AvgIpc) is 2.51. The zero-order valence-corrected chi connectivity index (χ0v) is 15.1. The van der Waals surface area contributed by atoms with Crippen molar-refractivity contribution in [3.63, 3.8) is 0 Å². The number of carbonyl (C=O) groups excluding carboxylic acids is 1. The van der Waals surface area contributed by atoms with Crippen molar-refractivity contribution < 1.29 is 17.9 Å². The molecule has 1 aliphatic carbocycles. The van der Waals surface area contributed by atoms with Crippen LogP contribution in [0.15, 0.2) is 0 Å². The van der Waals surface area contributed by atoms with Gasteiger partial charge in [0.15, 0.2) is 0 Å². The first-order valence-corrected chi connectivity index (χ1v) is 10.5. The lowest BCUT2D eigenvalue weighted by Gasteiger charge is -2.30. The van der Waals surface area contributed by atoms with Gasteiger partial charge in [0, 0.05) is 19.6 Å². The highest BCUT2D eigenvalue weighted by atomic mass is 32.2. The molecule has 1 aliphatic heterocycles. The number of nitrogens with zero attached hydrogens (tertiary/aromatic N) is 1. The van der Waals surface area contributed by atoms with Gasteiger partial charge in [0.2, 0.25) is 15.9 Å². The van der Waals surface area contributed by atoms with Gasteiger partial charge in [-0.05, 0) is 37.5 Å². The third-order valence-corrected chi connectivity index (χ3v) is 6.39. The van der Waals surface area contributed by atoms with E-state index in [1.165, 1.54) is 29.8 Å². The second kappa shape index (κ2) is 8.44. The molecular weight excluding hydrogens is 316 g/mol. The summed E-state index contributed by atoms with van der Waals surface area (Å²) in [7, 11) is -3.08. The van der Waals surface area contributed by atoms with Crippen molar-refractivity contribution >= 4 is 15.9 Å². The van der Waals surface area contributed by atoms with Gasteiger partial charge in [-0.15, -0.1) is 0 Å². The number of ether oxygens (including phenoxy) is 1. The fourth-order valence-corrected chi connectivity index (χ4v) is 4.34. The van der Waals surface area contributed by atoms with Crippen LogP contribution in [0.1, 0.15) is 45.4 Å². The molecule has 134 valence electrons. The summed E-state index contributed by atoms with van der Waals surface area (Å²) >= 11 is 0. The van der Waals surface area contributed by atoms with E-state index in [0.717, 1.165) is 19.3 Å². The lowest BCUT2D eigenvalue weighted by molar-refractivity contribution is -0.129. The smallest absolute Gasteiger partial charge is 0.246 e. The van der Waals surface area contributed by atoms with E-state index in [2.05, 4.69) is 12.2 Å². The highest BCUT2D eigenvalue weighted by Crippen LogP contribution is 2.26. The predicted molar refractivity (Wildman–Crippen MR) is 89.5 cm³/mol. The number of hydrogen-bond donors (Lipinski definition) is 1. The van der Waals surface area contributed by atoms with Crippen molar-refractivity contribution in [2.24, 2.45) is 11.8 Å². The molecule has 0 spiro atoms. The Morgan fingerprint density at radius 1 is 1.17 bits per heavy atom. The van der Waals surface area contributed by atoms with Gasteiger partial charge in [-0.25, -0.2) is 12.7 Å². The minimum Gasteiger partial charge on any atom is -0.368 e. The summed E-state index contributed by atoms with van der Waals surface area (Å²) < 4.78 is 30.2. The largest absolute Gasteiger partial charge is 0.368 e. The van der Waals surface area contributed by atoms with E-state index in [1.54, 1.807) is 0 Å². The number of rotatable bonds is 6. The summed E-state index contributed by atoms with van der Waals surface area (Å²) in [6.07, 6.45) is 7.76. The first-order chi connectivity index (χ1) is 10.9. The summed E-state index contributed by atoms with van der Waals surface area (Å²) in [5.74, 6) is 0.829. The number of carbonyl (C=O) groups is 1. The number of nitrogens with one attached hydrogen (secondary N) is 1. The minimum absolute atomic E-state index is 0.0617. The molecule has 1 heterocycles. The quantitative estimate of drug-likeness (QED) is 0.788. The van der Waals surface area contributed by atoms with Gasteiger partial charge in [-0.2, -0.15) is 0 Å².